The van der Waals surface area contributed by atoms with Gasteiger partial charge in [0.2, 0.25) is 11.9 Å². The zero-order valence-electron chi connectivity index (χ0n) is 8.67. The monoisotopic (exact) mass is 252 g/mol. The molecular formula is C9H9ClN6O. The Labute approximate surface area is 102 Å². The Morgan fingerprint density at radius 2 is 2.35 bits per heavy atom. The fraction of sp³-hybridized carbons (Fsp3) is 0.111. The Hall–Kier alpha value is -2.15. The Morgan fingerprint density at radius 3 is 3.00 bits per heavy atom. The predicted octanol–water partition coefficient (Wildman–Crippen LogP) is 0.547. The SMILES string of the molecule is Nc1ncn(CC(=O)Nc2cccnc2Cl)n1. The maximum Gasteiger partial charge on any atom is 0.246 e. The molecule has 0 aliphatic rings. The van der Waals surface area contributed by atoms with Gasteiger partial charge in [0.15, 0.2) is 5.15 Å². The highest BCUT2D eigenvalue weighted by Gasteiger charge is 2.07. The van der Waals surface area contributed by atoms with Crippen LogP contribution in [0, 0.1) is 0 Å². The van der Waals surface area contributed by atoms with Crippen molar-refractivity contribution in [3.05, 3.63) is 29.8 Å². The Balaban J connectivity index is 2.01. The van der Waals surface area contributed by atoms with Crippen molar-refractivity contribution in [2.45, 2.75) is 6.54 Å². The van der Waals surface area contributed by atoms with Gasteiger partial charge in [0.1, 0.15) is 12.9 Å². The number of amides is 1. The minimum absolute atomic E-state index is 0.00935. The van der Waals surface area contributed by atoms with Gasteiger partial charge in [-0.2, -0.15) is 0 Å². The molecule has 0 aromatic carbocycles. The van der Waals surface area contributed by atoms with Crippen molar-refractivity contribution >= 4 is 29.1 Å². The lowest BCUT2D eigenvalue weighted by atomic mass is 10.4. The highest BCUT2D eigenvalue weighted by atomic mass is 35.5. The molecule has 2 aromatic heterocycles. The largest absolute Gasteiger partial charge is 0.367 e. The summed E-state index contributed by atoms with van der Waals surface area (Å²) in [4.78, 5) is 19.2. The standard InChI is InChI=1S/C9H9ClN6O/c10-8-6(2-1-3-12-8)14-7(17)4-16-5-13-9(11)15-16/h1-3,5H,4H2,(H2,11,15)(H,14,17). The smallest absolute Gasteiger partial charge is 0.246 e. The van der Waals surface area contributed by atoms with E-state index in [0.29, 0.717) is 5.69 Å². The summed E-state index contributed by atoms with van der Waals surface area (Å²) in [5.41, 5.74) is 5.78. The van der Waals surface area contributed by atoms with Gasteiger partial charge in [0.05, 0.1) is 5.69 Å². The number of hydrogen-bond acceptors (Lipinski definition) is 5. The van der Waals surface area contributed by atoms with Crippen molar-refractivity contribution in [2.24, 2.45) is 0 Å². The second-order valence-electron chi connectivity index (χ2n) is 3.19. The molecule has 0 saturated carbocycles. The average molecular weight is 253 g/mol. The summed E-state index contributed by atoms with van der Waals surface area (Å²) >= 11 is 5.79. The summed E-state index contributed by atoms with van der Waals surface area (Å²) < 4.78 is 1.33. The van der Waals surface area contributed by atoms with E-state index in [-0.39, 0.29) is 23.6 Å². The molecule has 7 nitrogen and oxygen atoms in total. The summed E-state index contributed by atoms with van der Waals surface area (Å²) in [6.07, 6.45) is 2.91. The number of carbonyl (C=O) groups excluding carboxylic acids is 1. The van der Waals surface area contributed by atoms with Gasteiger partial charge < -0.3 is 11.1 Å². The van der Waals surface area contributed by atoms with E-state index in [1.807, 2.05) is 0 Å². The lowest BCUT2D eigenvalue weighted by Gasteiger charge is -2.05. The second kappa shape index (κ2) is 4.79. The van der Waals surface area contributed by atoms with Gasteiger partial charge in [0.25, 0.3) is 0 Å². The number of nitrogens with zero attached hydrogens (tertiary/aromatic N) is 4. The van der Waals surface area contributed by atoms with Gasteiger partial charge in [-0.3, -0.25) is 4.79 Å². The first-order chi connectivity index (χ1) is 8.15. The van der Waals surface area contributed by atoms with E-state index < -0.39 is 0 Å². The molecule has 3 N–H and O–H groups in total. The number of carbonyl (C=O) groups is 1. The number of pyridine rings is 1. The molecule has 0 spiro atoms. The number of hydrogen-bond donors (Lipinski definition) is 2. The molecule has 2 rings (SSSR count). The molecule has 1 amide bonds. The van der Waals surface area contributed by atoms with Gasteiger partial charge in [0, 0.05) is 6.20 Å². The summed E-state index contributed by atoms with van der Waals surface area (Å²) in [6.45, 7) is 0.00935. The Kier molecular flexibility index (Phi) is 3.20. The fourth-order valence-electron chi connectivity index (χ4n) is 1.20. The summed E-state index contributed by atoms with van der Waals surface area (Å²) in [5, 5.41) is 6.63. The van der Waals surface area contributed by atoms with E-state index in [0.717, 1.165) is 0 Å². The third-order valence-electron chi connectivity index (χ3n) is 1.89. The zero-order chi connectivity index (χ0) is 12.3. The van der Waals surface area contributed by atoms with Crippen LogP contribution in [0.5, 0.6) is 0 Å². The molecule has 0 aliphatic heterocycles. The average Bonchev–Trinajstić information content (AvgIpc) is 2.67. The number of nitrogens with one attached hydrogen (secondary N) is 1. The molecule has 17 heavy (non-hydrogen) atoms. The molecule has 8 heteroatoms. The lowest BCUT2D eigenvalue weighted by molar-refractivity contribution is -0.116. The number of nitrogens with two attached hydrogens (primary N) is 1. The third kappa shape index (κ3) is 2.91. The number of rotatable bonds is 3. The van der Waals surface area contributed by atoms with Gasteiger partial charge in [-0.1, -0.05) is 11.6 Å². The molecule has 2 aromatic rings. The summed E-state index contributed by atoms with van der Waals surface area (Å²) in [7, 11) is 0. The molecule has 0 unspecified atom stereocenters. The Morgan fingerprint density at radius 1 is 1.53 bits per heavy atom. The molecule has 0 bridgehead atoms. The first-order valence-electron chi connectivity index (χ1n) is 4.70. The third-order valence-corrected chi connectivity index (χ3v) is 2.19. The first-order valence-corrected chi connectivity index (χ1v) is 5.08. The van der Waals surface area contributed by atoms with Crippen LogP contribution in [0.1, 0.15) is 0 Å². The number of nitrogen functional groups attached to an aromatic ring is 1. The summed E-state index contributed by atoms with van der Waals surface area (Å²) in [5.74, 6) is -0.165. The van der Waals surface area contributed by atoms with E-state index >= 15 is 0 Å². The molecule has 0 atom stereocenters. The first kappa shape index (κ1) is 11.3. The van der Waals surface area contributed by atoms with Crippen LogP contribution in [-0.4, -0.2) is 25.7 Å². The minimum Gasteiger partial charge on any atom is -0.367 e. The van der Waals surface area contributed by atoms with Crippen molar-refractivity contribution in [3.63, 3.8) is 0 Å². The lowest BCUT2D eigenvalue weighted by Crippen LogP contribution is -2.19. The molecule has 88 valence electrons. The molecule has 0 fully saturated rings. The number of halogens is 1. The zero-order valence-corrected chi connectivity index (χ0v) is 9.42. The van der Waals surface area contributed by atoms with Crippen LogP contribution in [0.3, 0.4) is 0 Å². The molecule has 0 saturated heterocycles. The second-order valence-corrected chi connectivity index (χ2v) is 3.55. The maximum atomic E-state index is 11.6. The van der Waals surface area contributed by atoms with Gasteiger partial charge in [-0.05, 0) is 12.1 Å². The van der Waals surface area contributed by atoms with E-state index in [1.165, 1.54) is 17.2 Å². The highest BCUT2D eigenvalue weighted by molar-refractivity contribution is 6.32. The number of aromatic nitrogens is 4. The van der Waals surface area contributed by atoms with E-state index in [2.05, 4.69) is 20.4 Å². The molecule has 0 aliphatic carbocycles. The van der Waals surface area contributed by atoms with Crippen molar-refractivity contribution in [1.29, 1.82) is 0 Å². The molecule has 0 radical (unpaired) electrons. The summed E-state index contributed by atoms with van der Waals surface area (Å²) in [6, 6.07) is 3.33. The number of anilines is 2. The van der Waals surface area contributed by atoms with Gasteiger partial charge in [-0.15, -0.1) is 5.10 Å². The van der Waals surface area contributed by atoms with Crippen LogP contribution in [0.2, 0.25) is 5.15 Å². The van der Waals surface area contributed by atoms with Gasteiger partial charge >= 0.3 is 0 Å². The van der Waals surface area contributed by atoms with E-state index in [1.54, 1.807) is 12.1 Å². The van der Waals surface area contributed by atoms with Crippen molar-refractivity contribution in [2.75, 3.05) is 11.1 Å². The van der Waals surface area contributed by atoms with Crippen molar-refractivity contribution in [1.82, 2.24) is 19.7 Å². The van der Waals surface area contributed by atoms with Crippen LogP contribution >= 0.6 is 11.6 Å². The maximum absolute atomic E-state index is 11.6. The quantitative estimate of drug-likeness (QED) is 0.777. The van der Waals surface area contributed by atoms with Crippen molar-refractivity contribution < 1.29 is 4.79 Å². The van der Waals surface area contributed by atoms with Crippen LogP contribution in [-0.2, 0) is 11.3 Å². The normalized spacial score (nSPS) is 10.2. The minimum atomic E-state index is -0.287. The Bertz CT molecular complexity index is 540. The van der Waals surface area contributed by atoms with E-state index in [9.17, 15) is 4.79 Å². The van der Waals surface area contributed by atoms with Crippen molar-refractivity contribution in [3.8, 4) is 0 Å². The van der Waals surface area contributed by atoms with Crippen LogP contribution in [0.25, 0.3) is 0 Å². The van der Waals surface area contributed by atoms with Crippen LogP contribution < -0.4 is 11.1 Å². The topological polar surface area (TPSA) is 98.7 Å². The molecular weight excluding hydrogens is 244 g/mol. The van der Waals surface area contributed by atoms with Gasteiger partial charge in [-0.25, -0.2) is 14.6 Å². The fourth-order valence-corrected chi connectivity index (χ4v) is 1.37. The predicted molar refractivity (Wildman–Crippen MR) is 62.3 cm³/mol. The van der Waals surface area contributed by atoms with Crippen LogP contribution in [0.4, 0.5) is 11.6 Å². The highest BCUT2D eigenvalue weighted by Crippen LogP contribution is 2.17. The molecule has 2 heterocycles. The van der Waals surface area contributed by atoms with E-state index in [4.69, 9.17) is 17.3 Å². The van der Waals surface area contributed by atoms with Crippen LogP contribution in [0.15, 0.2) is 24.7 Å².